The van der Waals surface area contributed by atoms with Crippen LogP contribution in [0.15, 0.2) is 53.4 Å². The highest BCUT2D eigenvalue weighted by Gasteiger charge is 2.28. The van der Waals surface area contributed by atoms with Gasteiger partial charge in [-0.05, 0) is 43.7 Å². The van der Waals surface area contributed by atoms with Gasteiger partial charge in [0.15, 0.2) is 0 Å². The molecule has 2 aromatic rings. The number of likely N-dealkylation sites (N-methyl/N-ethyl adjacent to an activating group) is 1. The molecule has 0 unspecified atom stereocenters. The number of sulfonamides is 1. The molecule has 0 aromatic heterocycles. The second kappa shape index (κ2) is 10.0. The summed E-state index contributed by atoms with van der Waals surface area (Å²) in [6.07, 6.45) is 3.08. The average molecular weight is 457 g/mol. The van der Waals surface area contributed by atoms with Gasteiger partial charge in [0.05, 0.1) is 22.7 Å². The number of piperidine rings is 1. The molecule has 0 spiro atoms. The summed E-state index contributed by atoms with van der Waals surface area (Å²) in [6, 6.07) is 14.7. The third kappa shape index (κ3) is 5.31. The van der Waals surface area contributed by atoms with E-state index in [9.17, 15) is 13.2 Å². The third-order valence-corrected chi connectivity index (χ3v) is 8.14. The molecule has 2 fully saturated rings. The summed E-state index contributed by atoms with van der Waals surface area (Å²) in [5, 5.41) is 3.01. The molecule has 0 aliphatic carbocycles. The van der Waals surface area contributed by atoms with Gasteiger partial charge in [0, 0.05) is 39.3 Å². The SMILES string of the molecule is CN1CCN(c2ccc(S(=O)(=O)N3CCCCC3)cc2NC(=O)Cc2ccccc2)CC1. The van der Waals surface area contributed by atoms with Gasteiger partial charge < -0.3 is 15.1 Å². The number of anilines is 2. The number of nitrogens with zero attached hydrogens (tertiary/aromatic N) is 3. The lowest BCUT2D eigenvalue weighted by molar-refractivity contribution is -0.115. The third-order valence-electron chi connectivity index (χ3n) is 6.25. The number of benzene rings is 2. The predicted molar refractivity (Wildman–Crippen MR) is 128 cm³/mol. The molecule has 4 rings (SSSR count). The number of hydrogen-bond donors (Lipinski definition) is 1. The lowest BCUT2D eigenvalue weighted by atomic mass is 10.1. The lowest BCUT2D eigenvalue weighted by Crippen LogP contribution is -2.44. The predicted octanol–water partition coefficient (Wildman–Crippen LogP) is 2.79. The van der Waals surface area contributed by atoms with Crippen LogP contribution in [0.4, 0.5) is 11.4 Å². The van der Waals surface area contributed by atoms with Crippen molar-refractivity contribution in [2.24, 2.45) is 0 Å². The molecule has 0 atom stereocenters. The molecule has 2 heterocycles. The van der Waals surface area contributed by atoms with E-state index in [0.29, 0.717) is 18.8 Å². The van der Waals surface area contributed by atoms with Gasteiger partial charge in [-0.15, -0.1) is 0 Å². The Kier molecular flexibility index (Phi) is 7.13. The maximum atomic E-state index is 13.2. The monoisotopic (exact) mass is 456 g/mol. The maximum Gasteiger partial charge on any atom is 0.243 e. The van der Waals surface area contributed by atoms with E-state index >= 15 is 0 Å². The number of carbonyl (C=O) groups excluding carboxylic acids is 1. The Labute approximate surface area is 191 Å². The van der Waals surface area contributed by atoms with Gasteiger partial charge in [0.25, 0.3) is 0 Å². The number of nitrogens with one attached hydrogen (secondary N) is 1. The highest BCUT2D eigenvalue weighted by atomic mass is 32.2. The van der Waals surface area contributed by atoms with Gasteiger partial charge in [-0.3, -0.25) is 4.79 Å². The maximum absolute atomic E-state index is 13.2. The molecule has 1 N–H and O–H groups in total. The van der Waals surface area contributed by atoms with E-state index in [1.54, 1.807) is 16.4 Å². The second-order valence-corrected chi connectivity index (χ2v) is 10.6. The number of hydrogen-bond acceptors (Lipinski definition) is 5. The van der Waals surface area contributed by atoms with Crippen molar-refractivity contribution in [1.82, 2.24) is 9.21 Å². The number of piperazine rings is 1. The van der Waals surface area contributed by atoms with Crippen LogP contribution in [0.5, 0.6) is 0 Å². The van der Waals surface area contributed by atoms with E-state index < -0.39 is 10.0 Å². The summed E-state index contributed by atoms with van der Waals surface area (Å²) < 4.78 is 28.0. The molecular weight excluding hydrogens is 424 g/mol. The van der Waals surface area contributed by atoms with Crippen molar-refractivity contribution in [1.29, 1.82) is 0 Å². The smallest absolute Gasteiger partial charge is 0.243 e. The summed E-state index contributed by atoms with van der Waals surface area (Å²) in [4.78, 5) is 17.6. The van der Waals surface area contributed by atoms with Crippen LogP contribution in [0.25, 0.3) is 0 Å². The quantitative estimate of drug-likeness (QED) is 0.724. The molecule has 1 amide bonds. The minimum atomic E-state index is -3.58. The topological polar surface area (TPSA) is 73.0 Å². The first-order valence-electron chi connectivity index (χ1n) is 11.3. The fraction of sp³-hybridized carbons (Fsp3) is 0.458. The van der Waals surface area contributed by atoms with Crippen LogP contribution in [0.3, 0.4) is 0 Å². The van der Waals surface area contributed by atoms with Crippen LogP contribution < -0.4 is 10.2 Å². The second-order valence-electron chi connectivity index (χ2n) is 8.64. The molecule has 2 aromatic carbocycles. The largest absolute Gasteiger partial charge is 0.367 e. The minimum Gasteiger partial charge on any atom is -0.367 e. The molecule has 32 heavy (non-hydrogen) atoms. The van der Waals surface area contributed by atoms with E-state index in [0.717, 1.165) is 56.7 Å². The van der Waals surface area contributed by atoms with Gasteiger partial charge in [-0.2, -0.15) is 4.31 Å². The van der Waals surface area contributed by atoms with E-state index in [4.69, 9.17) is 0 Å². The average Bonchev–Trinajstić information content (AvgIpc) is 2.81. The molecule has 2 aliphatic rings. The number of amides is 1. The standard InChI is InChI=1S/C24H32N4O3S/c1-26-14-16-27(17-15-26)23-11-10-21(32(30,31)28-12-6-3-7-13-28)19-22(23)25-24(29)18-20-8-4-2-5-9-20/h2,4-5,8-11,19H,3,6-7,12-18H2,1H3,(H,25,29). The minimum absolute atomic E-state index is 0.154. The first kappa shape index (κ1) is 22.8. The van der Waals surface area contributed by atoms with Crippen molar-refractivity contribution < 1.29 is 13.2 Å². The highest BCUT2D eigenvalue weighted by molar-refractivity contribution is 7.89. The summed E-state index contributed by atoms with van der Waals surface area (Å²) in [6.45, 7) is 4.61. The van der Waals surface area contributed by atoms with Crippen molar-refractivity contribution in [2.45, 2.75) is 30.6 Å². The van der Waals surface area contributed by atoms with E-state index in [1.165, 1.54) is 0 Å². The van der Waals surface area contributed by atoms with Crippen LogP contribution in [-0.4, -0.2) is 69.8 Å². The molecule has 8 heteroatoms. The zero-order valence-electron chi connectivity index (χ0n) is 18.7. The van der Waals surface area contributed by atoms with Gasteiger partial charge in [0.1, 0.15) is 0 Å². The van der Waals surface area contributed by atoms with Crippen LogP contribution in [0.2, 0.25) is 0 Å². The van der Waals surface area contributed by atoms with Crippen molar-refractivity contribution in [3.63, 3.8) is 0 Å². The number of carbonyl (C=O) groups is 1. The Bertz CT molecular complexity index is 1030. The molecule has 7 nitrogen and oxygen atoms in total. The van der Waals surface area contributed by atoms with Crippen molar-refractivity contribution in [3.05, 3.63) is 54.1 Å². The Balaban J connectivity index is 1.62. The summed E-state index contributed by atoms with van der Waals surface area (Å²) in [5.74, 6) is -0.154. The van der Waals surface area contributed by atoms with Crippen molar-refractivity contribution >= 4 is 27.3 Å². The highest BCUT2D eigenvalue weighted by Crippen LogP contribution is 2.32. The summed E-state index contributed by atoms with van der Waals surface area (Å²) >= 11 is 0. The molecule has 172 valence electrons. The first-order chi connectivity index (χ1) is 15.4. The van der Waals surface area contributed by atoms with Gasteiger partial charge >= 0.3 is 0 Å². The molecule has 0 bridgehead atoms. The van der Waals surface area contributed by atoms with E-state index in [-0.39, 0.29) is 17.2 Å². The zero-order chi connectivity index (χ0) is 22.6. The molecular formula is C24H32N4O3S. The molecule has 0 saturated carbocycles. The zero-order valence-corrected chi connectivity index (χ0v) is 19.5. The molecule has 2 saturated heterocycles. The van der Waals surface area contributed by atoms with Crippen molar-refractivity contribution in [2.75, 3.05) is 56.5 Å². The Hall–Kier alpha value is -2.42. The van der Waals surface area contributed by atoms with Crippen molar-refractivity contribution in [3.8, 4) is 0 Å². The Morgan fingerprint density at radius 2 is 1.59 bits per heavy atom. The fourth-order valence-electron chi connectivity index (χ4n) is 4.33. The van der Waals surface area contributed by atoms with Crippen LogP contribution in [-0.2, 0) is 21.2 Å². The van der Waals surface area contributed by atoms with E-state index in [1.807, 2.05) is 36.4 Å². The Morgan fingerprint density at radius 1 is 0.906 bits per heavy atom. The normalized spacial score (nSPS) is 18.5. The van der Waals surface area contributed by atoms with Crippen LogP contribution in [0.1, 0.15) is 24.8 Å². The van der Waals surface area contributed by atoms with Crippen LogP contribution >= 0.6 is 0 Å². The van der Waals surface area contributed by atoms with Gasteiger partial charge in [-0.1, -0.05) is 36.8 Å². The first-order valence-corrected chi connectivity index (χ1v) is 12.8. The number of rotatable bonds is 6. The van der Waals surface area contributed by atoms with Gasteiger partial charge in [0.2, 0.25) is 15.9 Å². The fourth-order valence-corrected chi connectivity index (χ4v) is 5.87. The van der Waals surface area contributed by atoms with Gasteiger partial charge in [-0.25, -0.2) is 8.42 Å². The summed E-state index contributed by atoms with van der Waals surface area (Å²) in [5.41, 5.74) is 2.36. The Morgan fingerprint density at radius 3 is 2.28 bits per heavy atom. The summed E-state index contributed by atoms with van der Waals surface area (Å²) in [7, 11) is -1.49. The lowest BCUT2D eigenvalue weighted by Gasteiger charge is -2.35. The van der Waals surface area contributed by atoms with E-state index in [2.05, 4.69) is 22.2 Å². The van der Waals surface area contributed by atoms with Crippen LogP contribution in [0, 0.1) is 0 Å². The molecule has 2 aliphatic heterocycles. The molecule has 0 radical (unpaired) electrons.